The van der Waals surface area contributed by atoms with E-state index in [4.69, 9.17) is 9.47 Å². The monoisotopic (exact) mass is 651 g/mol. The number of rotatable bonds is 11. The minimum atomic E-state index is -1.84. The Morgan fingerprint density at radius 2 is 1.72 bits per heavy atom. The van der Waals surface area contributed by atoms with Crippen molar-refractivity contribution in [1.29, 1.82) is 0 Å². The SMILES string of the molecule is CCOC(=O)[C@H](Cc1ccc(O)cc1)NC(=O)CCC(=O)OCC(=O)[C@]1(O)CC[C@H]2[C@H]3CCC4=CC(=O)CC[C@]4(C)[C@H]3C(=O)C[C@@]21C. The van der Waals surface area contributed by atoms with Gasteiger partial charge in [0.1, 0.15) is 23.2 Å². The maximum absolute atomic E-state index is 13.8. The number of aliphatic hydroxyl groups is 1. The number of ketones is 3. The number of phenols is 1. The summed E-state index contributed by atoms with van der Waals surface area (Å²) in [5, 5.41) is 23.9. The van der Waals surface area contributed by atoms with Gasteiger partial charge in [0.2, 0.25) is 11.7 Å². The molecule has 1 aromatic carbocycles. The lowest BCUT2D eigenvalue weighted by atomic mass is 9.46. The molecule has 0 heterocycles. The maximum Gasteiger partial charge on any atom is 0.328 e. The van der Waals surface area contributed by atoms with Crippen molar-refractivity contribution >= 4 is 35.2 Å². The van der Waals surface area contributed by atoms with E-state index in [2.05, 4.69) is 12.2 Å². The van der Waals surface area contributed by atoms with Crippen molar-refractivity contribution in [2.75, 3.05) is 13.2 Å². The number of aromatic hydroxyl groups is 1. The molecular formula is C36H45NO10. The Morgan fingerprint density at radius 1 is 1.00 bits per heavy atom. The van der Waals surface area contributed by atoms with Crippen molar-refractivity contribution in [3.63, 3.8) is 0 Å². The van der Waals surface area contributed by atoms with Crippen molar-refractivity contribution in [3.05, 3.63) is 41.5 Å². The topological polar surface area (TPSA) is 173 Å². The van der Waals surface area contributed by atoms with Crippen molar-refractivity contribution in [3.8, 4) is 5.75 Å². The molecule has 0 radical (unpaired) electrons. The van der Waals surface area contributed by atoms with Crippen LogP contribution in [-0.2, 0) is 44.7 Å². The van der Waals surface area contributed by atoms with E-state index >= 15 is 0 Å². The van der Waals surface area contributed by atoms with Gasteiger partial charge < -0.3 is 25.0 Å². The van der Waals surface area contributed by atoms with Gasteiger partial charge in [-0.3, -0.25) is 24.0 Å². The minimum absolute atomic E-state index is 0.00744. The highest BCUT2D eigenvalue weighted by Gasteiger charge is 2.68. The van der Waals surface area contributed by atoms with Crippen LogP contribution >= 0.6 is 0 Å². The van der Waals surface area contributed by atoms with Gasteiger partial charge >= 0.3 is 11.9 Å². The molecule has 5 rings (SSSR count). The first-order valence-electron chi connectivity index (χ1n) is 16.6. The van der Waals surface area contributed by atoms with Gasteiger partial charge in [-0.15, -0.1) is 0 Å². The summed E-state index contributed by atoms with van der Waals surface area (Å²) in [6.45, 7) is 4.97. The highest BCUT2D eigenvalue weighted by molar-refractivity contribution is 5.95. The van der Waals surface area contributed by atoms with E-state index < -0.39 is 47.3 Å². The standard InChI is InChI=1S/C36H45NO10/c1-4-46-33(44)27(17-21-5-8-23(38)9-6-21)37-30(42)11-12-31(43)47-20-29(41)36(45)16-14-26-25-10-7-22-18-24(39)13-15-34(22,2)32(25)28(40)19-35(26,36)3/h5-6,8-9,18,25-27,32,38,45H,4,7,10-17,19-20H2,1-3H3,(H,37,42)/t25-,26+,27+,32-,34+,35+,36-/m1/s1. The van der Waals surface area contributed by atoms with Crippen molar-refractivity contribution < 1.29 is 48.5 Å². The molecule has 3 N–H and O–H groups in total. The van der Waals surface area contributed by atoms with E-state index in [1.54, 1.807) is 32.1 Å². The number of benzene rings is 1. The van der Waals surface area contributed by atoms with E-state index in [-0.39, 0.29) is 79.2 Å². The summed E-state index contributed by atoms with van der Waals surface area (Å²) in [5.41, 5.74) is -1.50. The van der Waals surface area contributed by atoms with E-state index in [9.17, 15) is 39.0 Å². The van der Waals surface area contributed by atoms with Crippen LogP contribution in [0.15, 0.2) is 35.9 Å². The third kappa shape index (κ3) is 6.51. The zero-order valence-corrected chi connectivity index (χ0v) is 27.3. The van der Waals surface area contributed by atoms with Crippen molar-refractivity contribution in [2.45, 2.75) is 96.6 Å². The van der Waals surface area contributed by atoms with Gasteiger partial charge in [0.05, 0.1) is 13.0 Å². The van der Waals surface area contributed by atoms with Gasteiger partial charge in [-0.2, -0.15) is 0 Å². The predicted octanol–water partition coefficient (Wildman–Crippen LogP) is 3.32. The molecule has 3 saturated carbocycles. The fourth-order valence-electron chi connectivity index (χ4n) is 8.97. The molecule has 0 bridgehead atoms. The summed E-state index contributed by atoms with van der Waals surface area (Å²) < 4.78 is 10.3. The molecule has 47 heavy (non-hydrogen) atoms. The van der Waals surface area contributed by atoms with Gasteiger partial charge in [-0.05, 0) is 80.1 Å². The molecule has 0 saturated heterocycles. The molecule has 11 heteroatoms. The summed E-state index contributed by atoms with van der Waals surface area (Å²) >= 11 is 0. The quantitative estimate of drug-likeness (QED) is 0.301. The van der Waals surface area contributed by atoms with E-state index in [1.807, 2.05) is 0 Å². The normalized spacial score (nSPS) is 31.8. The molecular weight excluding hydrogens is 606 g/mol. The first-order valence-corrected chi connectivity index (χ1v) is 16.6. The second kappa shape index (κ2) is 13.3. The van der Waals surface area contributed by atoms with E-state index in [0.717, 1.165) is 18.4 Å². The van der Waals surface area contributed by atoms with Crippen LogP contribution < -0.4 is 5.32 Å². The van der Waals surface area contributed by atoms with Crippen molar-refractivity contribution in [2.24, 2.45) is 28.6 Å². The lowest BCUT2D eigenvalue weighted by Crippen LogP contribution is -2.61. The molecule has 11 nitrogen and oxygen atoms in total. The van der Waals surface area contributed by atoms with Gasteiger partial charge in [0.25, 0.3) is 0 Å². The fourth-order valence-corrected chi connectivity index (χ4v) is 8.97. The van der Waals surface area contributed by atoms with Crippen LogP contribution in [0.25, 0.3) is 0 Å². The lowest BCUT2D eigenvalue weighted by molar-refractivity contribution is -0.173. The van der Waals surface area contributed by atoms with Crippen LogP contribution in [-0.4, -0.2) is 70.3 Å². The van der Waals surface area contributed by atoms with Gasteiger partial charge in [-0.25, -0.2) is 4.79 Å². The van der Waals surface area contributed by atoms with E-state index in [0.29, 0.717) is 24.8 Å². The number of nitrogens with one attached hydrogen (secondary N) is 1. The number of Topliss-reactive ketones (excluding diaryl/α,β-unsaturated/α-hetero) is 2. The zero-order chi connectivity index (χ0) is 34.1. The molecule has 254 valence electrons. The molecule has 1 amide bonds. The third-order valence-corrected chi connectivity index (χ3v) is 11.5. The van der Waals surface area contributed by atoms with Gasteiger partial charge in [0.15, 0.2) is 12.4 Å². The van der Waals surface area contributed by atoms with E-state index in [1.165, 1.54) is 12.1 Å². The number of carbonyl (C=O) groups is 6. The highest BCUT2D eigenvalue weighted by atomic mass is 16.5. The summed E-state index contributed by atoms with van der Waals surface area (Å²) in [4.78, 5) is 77.1. The molecule has 3 fully saturated rings. The summed E-state index contributed by atoms with van der Waals surface area (Å²) in [6.07, 6.45) is 4.44. The average molecular weight is 652 g/mol. The molecule has 4 aliphatic carbocycles. The lowest BCUT2D eigenvalue weighted by Gasteiger charge is -2.57. The molecule has 0 spiro atoms. The van der Waals surface area contributed by atoms with Crippen molar-refractivity contribution in [1.82, 2.24) is 5.32 Å². The Morgan fingerprint density at radius 3 is 2.43 bits per heavy atom. The number of ether oxygens (including phenoxy) is 2. The summed E-state index contributed by atoms with van der Waals surface area (Å²) in [5.74, 6) is -2.85. The number of carbonyl (C=O) groups excluding carboxylic acids is 6. The Bertz CT molecular complexity index is 1480. The predicted molar refractivity (Wildman–Crippen MR) is 168 cm³/mol. The number of hydrogen-bond acceptors (Lipinski definition) is 10. The van der Waals surface area contributed by atoms with Crippen LogP contribution in [0.4, 0.5) is 0 Å². The summed E-state index contributed by atoms with van der Waals surface area (Å²) in [7, 11) is 0. The van der Waals surface area contributed by atoms with Gasteiger partial charge in [0, 0.05) is 37.0 Å². The van der Waals surface area contributed by atoms with Crippen LogP contribution in [0, 0.1) is 28.6 Å². The molecule has 0 unspecified atom stereocenters. The van der Waals surface area contributed by atoms with Gasteiger partial charge in [-0.1, -0.05) is 31.6 Å². The summed E-state index contributed by atoms with van der Waals surface area (Å²) in [6, 6.07) is 5.15. The molecule has 4 aliphatic rings. The number of allylic oxidation sites excluding steroid dienone is 1. The Hall–Kier alpha value is -3.86. The van der Waals surface area contributed by atoms with Crippen LogP contribution in [0.5, 0.6) is 5.75 Å². The molecule has 7 atom stereocenters. The number of phenolic OH excluding ortho intramolecular Hbond substituents is 1. The second-order valence-electron chi connectivity index (χ2n) is 14.1. The molecule has 0 aromatic heterocycles. The average Bonchev–Trinajstić information content (AvgIpc) is 3.30. The first-order chi connectivity index (χ1) is 22.2. The van der Waals surface area contributed by atoms with Crippen LogP contribution in [0.2, 0.25) is 0 Å². The zero-order valence-electron chi connectivity index (χ0n) is 27.3. The largest absolute Gasteiger partial charge is 0.508 e. The number of amides is 1. The number of hydrogen-bond donors (Lipinski definition) is 3. The van der Waals surface area contributed by atoms with Crippen LogP contribution in [0.3, 0.4) is 0 Å². The third-order valence-electron chi connectivity index (χ3n) is 11.5. The maximum atomic E-state index is 13.8. The Balaban J connectivity index is 1.16. The Labute approximate surface area is 274 Å². The highest BCUT2D eigenvalue weighted by Crippen LogP contribution is 2.66. The molecule has 0 aliphatic heterocycles. The Kier molecular flexibility index (Phi) is 9.78. The van der Waals surface area contributed by atoms with Crippen LogP contribution in [0.1, 0.15) is 84.1 Å². The second-order valence-corrected chi connectivity index (χ2v) is 14.1. The molecule has 1 aromatic rings. The minimum Gasteiger partial charge on any atom is -0.508 e. The first kappa shape index (κ1) is 34.5. The fraction of sp³-hybridized carbons (Fsp3) is 0.611. The smallest absolute Gasteiger partial charge is 0.328 e. The number of esters is 2. The number of fused-ring (bicyclic) bond motifs is 5.